The number of carbonyl (C=O) groups is 4. The van der Waals surface area contributed by atoms with Crippen molar-refractivity contribution < 1.29 is 28.7 Å². The lowest BCUT2D eigenvalue weighted by Gasteiger charge is -2.29. The second-order valence-electron chi connectivity index (χ2n) is 9.34. The highest BCUT2D eigenvalue weighted by Gasteiger charge is 2.42. The maximum Gasteiger partial charge on any atom is 0.310 e. The molecule has 4 N–H and O–H groups in total. The highest BCUT2D eigenvalue weighted by Crippen LogP contribution is 2.27. The van der Waals surface area contributed by atoms with E-state index in [1.54, 1.807) is 6.92 Å². The first-order chi connectivity index (χ1) is 16.7. The van der Waals surface area contributed by atoms with E-state index in [9.17, 15) is 19.2 Å². The third-order valence-corrected chi connectivity index (χ3v) is 7.07. The summed E-state index contributed by atoms with van der Waals surface area (Å²) in [5, 5.41) is 5.77. The fourth-order valence-corrected chi connectivity index (χ4v) is 5.01. The summed E-state index contributed by atoms with van der Waals surface area (Å²) in [4.78, 5) is 52.1. The van der Waals surface area contributed by atoms with Crippen molar-refractivity contribution in [3.8, 4) is 0 Å². The minimum absolute atomic E-state index is 0.0234. The van der Waals surface area contributed by atoms with E-state index in [2.05, 4.69) is 10.6 Å². The normalized spacial score (nSPS) is 25.4. The number of ether oxygens (including phenoxy) is 2. The second kappa shape index (κ2) is 10.8. The van der Waals surface area contributed by atoms with Gasteiger partial charge >= 0.3 is 5.97 Å². The quantitative estimate of drug-likeness (QED) is 0.378. The number of nitrogen functional groups attached to an aromatic ring is 1. The number of nitrogens with zero attached hydrogens (tertiary/aromatic N) is 1. The van der Waals surface area contributed by atoms with E-state index >= 15 is 0 Å². The Morgan fingerprint density at radius 2 is 1.94 bits per heavy atom. The molecule has 10 nitrogen and oxygen atoms in total. The Labute approximate surface area is 208 Å². The van der Waals surface area contributed by atoms with Gasteiger partial charge in [-0.15, -0.1) is 0 Å². The molecular weight excluding hydrogens is 476 g/mol. The lowest BCUT2D eigenvalue weighted by atomic mass is 10.1. The average Bonchev–Trinajstić information content (AvgIpc) is 3.57. The van der Waals surface area contributed by atoms with Crippen LogP contribution in [0.3, 0.4) is 0 Å². The average molecular weight is 507 g/mol. The minimum Gasteiger partial charge on any atom is -0.433 e. The first-order valence-corrected chi connectivity index (χ1v) is 12.4. The van der Waals surface area contributed by atoms with Gasteiger partial charge in [0.2, 0.25) is 18.1 Å². The van der Waals surface area contributed by atoms with Gasteiger partial charge in [0.15, 0.2) is 0 Å². The Kier molecular flexibility index (Phi) is 7.81. The molecule has 0 bridgehead atoms. The van der Waals surface area contributed by atoms with Crippen LogP contribution in [0.15, 0.2) is 18.2 Å². The van der Waals surface area contributed by atoms with Crippen LogP contribution in [0.1, 0.15) is 62.2 Å². The van der Waals surface area contributed by atoms with Crippen molar-refractivity contribution in [3.05, 3.63) is 28.8 Å². The number of nitrogens with two attached hydrogens (primary N) is 1. The van der Waals surface area contributed by atoms with Crippen molar-refractivity contribution in [2.45, 2.75) is 82.4 Å². The van der Waals surface area contributed by atoms with E-state index in [1.807, 2.05) is 0 Å². The van der Waals surface area contributed by atoms with Gasteiger partial charge in [0.25, 0.3) is 5.91 Å². The number of carbonyl (C=O) groups excluding carboxylic acids is 4. The zero-order valence-electron chi connectivity index (χ0n) is 19.6. The molecule has 2 heterocycles. The Morgan fingerprint density at radius 3 is 2.66 bits per heavy atom. The smallest absolute Gasteiger partial charge is 0.310 e. The lowest BCUT2D eigenvalue weighted by molar-refractivity contribution is -0.176. The molecule has 0 spiro atoms. The molecule has 4 rings (SSSR count). The predicted octanol–water partition coefficient (Wildman–Crippen LogP) is 1.75. The summed E-state index contributed by atoms with van der Waals surface area (Å²) in [5.41, 5.74) is 6.31. The molecule has 4 atom stereocenters. The van der Waals surface area contributed by atoms with Gasteiger partial charge in [-0.05, 0) is 50.8 Å². The Balaban J connectivity index is 1.35. The maximum atomic E-state index is 13.1. The van der Waals surface area contributed by atoms with Crippen LogP contribution in [-0.2, 0) is 23.9 Å². The predicted molar refractivity (Wildman–Crippen MR) is 127 cm³/mol. The third-order valence-electron chi connectivity index (χ3n) is 6.74. The lowest BCUT2D eigenvalue weighted by Crippen LogP contribution is -2.54. The van der Waals surface area contributed by atoms with E-state index < -0.39 is 36.3 Å². The van der Waals surface area contributed by atoms with Crippen LogP contribution in [0.5, 0.6) is 0 Å². The maximum absolute atomic E-state index is 13.1. The van der Waals surface area contributed by atoms with E-state index in [0.29, 0.717) is 25.1 Å². The number of likely N-dealkylation sites (tertiary alicyclic amines) is 1. The van der Waals surface area contributed by atoms with Crippen molar-refractivity contribution in [3.63, 3.8) is 0 Å². The molecule has 3 fully saturated rings. The number of amides is 3. The van der Waals surface area contributed by atoms with Gasteiger partial charge in [0.1, 0.15) is 18.1 Å². The molecule has 3 amide bonds. The summed E-state index contributed by atoms with van der Waals surface area (Å²) in [5.74, 6) is -1.61. The number of esters is 1. The van der Waals surface area contributed by atoms with E-state index in [4.69, 9.17) is 26.8 Å². The molecule has 1 aromatic carbocycles. The number of nitrogens with one attached hydrogen (secondary N) is 2. The van der Waals surface area contributed by atoms with Gasteiger partial charge in [-0.25, -0.2) is 0 Å². The fourth-order valence-electron chi connectivity index (χ4n) is 4.83. The number of hydrogen-bond donors (Lipinski definition) is 3. The number of anilines is 1. The van der Waals surface area contributed by atoms with Crippen LogP contribution in [-0.4, -0.2) is 65.7 Å². The Hall–Kier alpha value is -2.85. The molecule has 3 aliphatic rings. The van der Waals surface area contributed by atoms with Gasteiger partial charge in [0, 0.05) is 12.1 Å². The van der Waals surface area contributed by atoms with Crippen LogP contribution in [0.2, 0.25) is 5.02 Å². The second-order valence-corrected chi connectivity index (χ2v) is 9.75. The van der Waals surface area contributed by atoms with Crippen LogP contribution in [0, 0.1) is 0 Å². The van der Waals surface area contributed by atoms with Crippen LogP contribution in [0.4, 0.5) is 5.69 Å². The standard InChI is InChI=1S/C24H31ClN4O6/c1-13(27-21(31)14-8-9-17(26)16(25)11-14)23(33)29-10-4-7-19(29)22(32)28-18-12-20(30)35-24(18)34-15-5-2-3-6-15/h8-9,11,13,15,18-19,24H,2-7,10,12,26H2,1H3,(H,27,31)(H,28,32)/t13-,18?,19-,24+/m0/s1. The SMILES string of the molecule is C[C@H](NC(=O)c1ccc(N)c(Cl)c1)C(=O)N1CCC[C@H]1C(=O)NC1CC(=O)O[C@H]1OC1CCCC1. The summed E-state index contributed by atoms with van der Waals surface area (Å²) in [6, 6.07) is 2.32. The highest BCUT2D eigenvalue weighted by molar-refractivity contribution is 6.33. The molecule has 1 aliphatic carbocycles. The third kappa shape index (κ3) is 5.87. The molecule has 1 aromatic rings. The van der Waals surface area contributed by atoms with Gasteiger partial charge < -0.3 is 30.7 Å². The van der Waals surface area contributed by atoms with E-state index in [-0.39, 0.29) is 34.9 Å². The summed E-state index contributed by atoms with van der Waals surface area (Å²) < 4.78 is 11.2. The Morgan fingerprint density at radius 1 is 1.20 bits per heavy atom. The van der Waals surface area contributed by atoms with Crippen LogP contribution < -0.4 is 16.4 Å². The van der Waals surface area contributed by atoms with Crippen molar-refractivity contribution in [1.29, 1.82) is 0 Å². The van der Waals surface area contributed by atoms with Gasteiger partial charge in [-0.3, -0.25) is 19.2 Å². The minimum atomic E-state index is -0.859. The summed E-state index contributed by atoms with van der Waals surface area (Å²) >= 11 is 5.99. The zero-order valence-corrected chi connectivity index (χ0v) is 20.4. The molecule has 190 valence electrons. The summed E-state index contributed by atoms with van der Waals surface area (Å²) in [6.45, 7) is 1.97. The van der Waals surface area contributed by atoms with Crippen LogP contribution >= 0.6 is 11.6 Å². The van der Waals surface area contributed by atoms with Crippen LogP contribution in [0.25, 0.3) is 0 Å². The highest BCUT2D eigenvalue weighted by atomic mass is 35.5. The van der Waals surface area contributed by atoms with Gasteiger partial charge in [-0.2, -0.15) is 0 Å². The fraction of sp³-hybridized carbons (Fsp3) is 0.583. The molecule has 11 heteroatoms. The number of cyclic esters (lactones) is 1. The zero-order chi connectivity index (χ0) is 25.1. The number of rotatable bonds is 7. The first kappa shape index (κ1) is 25.2. The number of benzene rings is 1. The molecule has 0 radical (unpaired) electrons. The van der Waals surface area contributed by atoms with Crippen molar-refractivity contribution in [1.82, 2.24) is 15.5 Å². The Bertz CT molecular complexity index is 998. The molecule has 35 heavy (non-hydrogen) atoms. The first-order valence-electron chi connectivity index (χ1n) is 12.0. The molecule has 2 saturated heterocycles. The monoisotopic (exact) mass is 506 g/mol. The molecule has 1 saturated carbocycles. The van der Waals surface area contributed by atoms with Gasteiger partial charge in [-0.1, -0.05) is 24.4 Å². The number of hydrogen-bond acceptors (Lipinski definition) is 7. The molecule has 2 aliphatic heterocycles. The molecule has 1 unspecified atom stereocenters. The summed E-state index contributed by atoms with van der Waals surface area (Å²) in [6.07, 6.45) is 4.34. The topological polar surface area (TPSA) is 140 Å². The van der Waals surface area contributed by atoms with E-state index in [1.165, 1.54) is 23.1 Å². The summed E-state index contributed by atoms with van der Waals surface area (Å²) in [7, 11) is 0. The van der Waals surface area contributed by atoms with Crippen molar-refractivity contribution in [2.24, 2.45) is 0 Å². The van der Waals surface area contributed by atoms with Crippen molar-refractivity contribution in [2.75, 3.05) is 12.3 Å². The number of halogens is 1. The van der Waals surface area contributed by atoms with Crippen molar-refractivity contribution >= 4 is 41.0 Å². The molecule has 0 aromatic heterocycles. The van der Waals surface area contributed by atoms with E-state index in [0.717, 1.165) is 25.7 Å². The van der Waals surface area contributed by atoms with Gasteiger partial charge in [0.05, 0.1) is 23.2 Å². The largest absolute Gasteiger partial charge is 0.433 e. The molecular formula is C24H31ClN4O6.